The third kappa shape index (κ3) is 7.74. The van der Waals surface area contributed by atoms with E-state index in [2.05, 4.69) is 31.6 Å². The largest absolute Gasteiger partial charge is 0.522 e. The number of amides is 1. The maximum Gasteiger partial charge on any atom is 0.522 e. The van der Waals surface area contributed by atoms with Gasteiger partial charge in [-0.15, -0.1) is 36.5 Å². The summed E-state index contributed by atoms with van der Waals surface area (Å²) in [6.45, 7) is 3.35. The highest BCUT2D eigenvalue weighted by Gasteiger charge is 2.43. The van der Waals surface area contributed by atoms with E-state index >= 15 is 0 Å². The number of hydrogen-bond donors (Lipinski definition) is 1. The van der Waals surface area contributed by atoms with Crippen LogP contribution in [0.15, 0.2) is 16.7 Å². The molecule has 0 aliphatic heterocycles. The van der Waals surface area contributed by atoms with Crippen LogP contribution in [0.25, 0.3) is 0 Å². The predicted molar refractivity (Wildman–Crippen MR) is 92.7 cm³/mol. The van der Waals surface area contributed by atoms with Crippen LogP contribution in [0.2, 0.25) is 0 Å². The second-order valence-corrected chi connectivity index (χ2v) is 7.63. The minimum atomic E-state index is -4.69. The van der Waals surface area contributed by atoms with Gasteiger partial charge >= 0.3 is 12.7 Å². The lowest BCUT2D eigenvalue weighted by Gasteiger charge is -2.34. The molecule has 0 radical (unpaired) electrons. The summed E-state index contributed by atoms with van der Waals surface area (Å²) in [6, 6.07) is 0. The van der Waals surface area contributed by atoms with Gasteiger partial charge in [-0.2, -0.15) is 0 Å². The highest BCUT2D eigenvalue weighted by Crippen LogP contribution is 2.40. The number of aromatic nitrogens is 2. The zero-order valence-electron chi connectivity index (χ0n) is 16.7. The third-order valence-electron chi connectivity index (χ3n) is 4.99. The smallest absolute Gasteiger partial charge is 0.425 e. The van der Waals surface area contributed by atoms with Crippen LogP contribution in [0.5, 0.6) is 0 Å². The van der Waals surface area contributed by atoms with Gasteiger partial charge in [0.2, 0.25) is 17.7 Å². The van der Waals surface area contributed by atoms with Gasteiger partial charge in [-0.1, -0.05) is 6.58 Å². The van der Waals surface area contributed by atoms with Gasteiger partial charge in [0, 0.05) is 30.9 Å². The molecule has 32 heavy (non-hydrogen) atoms. The van der Waals surface area contributed by atoms with E-state index in [0.29, 0.717) is 5.70 Å². The van der Waals surface area contributed by atoms with Crippen LogP contribution >= 0.6 is 0 Å². The summed E-state index contributed by atoms with van der Waals surface area (Å²) in [5.41, 5.74) is 0.340. The maximum absolute atomic E-state index is 12.1. The number of aryl methyl sites for hydroxylation is 1. The molecule has 0 spiro atoms. The first-order valence-corrected chi connectivity index (χ1v) is 9.77. The van der Waals surface area contributed by atoms with Crippen molar-refractivity contribution in [3.8, 4) is 0 Å². The van der Waals surface area contributed by atoms with Gasteiger partial charge in [0.05, 0.1) is 18.3 Å². The van der Waals surface area contributed by atoms with Crippen molar-refractivity contribution in [3.63, 3.8) is 0 Å². The Labute approximate surface area is 178 Å². The fourth-order valence-electron chi connectivity index (χ4n) is 3.27. The summed E-state index contributed by atoms with van der Waals surface area (Å²) in [6.07, 6.45) is -10.8. The summed E-state index contributed by atoms with van der Waals surface area (Å²) in [4.78, 5) is 11.8. The van der Waals surface area contributed by atoms with Crippen molar-refractivity contribution in [2.75, 3.05) is 6.61 Å². The molecule has 2 aliphatic carbocycles. The lowest BCUT2D eigenvalue weighted by molar-refractivity contribution is -0.357. The van der Waals surface area contributed by atoms with Crippen LogP contribution in [0.4, 0.5) is 26.3 Å². The zero-order chi connectivity index (χ0) is 23.5. The molecule has 3 rings (SSSR count). The molecule has 2 aliphatic rings. The van der Waals surface area contributed by atoms with Crippen LogP contribution in [0.1, 0.15) is 49.8 Å². The maximum atomic E-state index is 12.1. The molecule has 2 fully saturated rings. The number of carbonyl (C=O) groups is 1. The van der Waals surface area contributed by atoms with Gasteiger partial charge in [-0.25, -0.2) is 0 Å². The number of carbonyl (C=O) groups excluding carboxylic acids is 1. The van der Waals surface area contributed by atoms with Crippen molar-refractivity contribution in [3.05, 3.63) is 24.1 Å². The number of nitrogens with zero attached hydrogens (tertiary/aromatic N) is 2. The molecule has 1 aromatic heterocycles. The SMILES string of the molecule is C=C(CCc1nnc([C@H]2C[C@@H](OC(F)(F)F)C2)o1)NC(=O)CO[C@H]1C[C@@H](OC(F)(F)F)C1. The second kappa shape index (κ2) is 9.75. The van der Waals surface area contributed by atoms with Crippen molar-refractivity contribution >= 4 is 5.91 Å². The Morgan fingerprint density at radius 3 is 2.19 bits per heavy atom. The Morgan fingerprint density at radius 1 is 1.00 bits per heavy atom. The van der Waals surface area contributed by atoms with E-state index in [4.69, 9.17) is 9.15 Å². The van der Waals surface area contributed by atoms with Gasteiger partial charge in [0.15, 0.2) is 0 Å². The molecule has 8 nitrogen and oxygen atoms in total. The molecule has 2 saturated carbocycles. The standard InChI is InChI=1S/C18H21F6N3O5/c1-9(25-14(28)8-29-11-6-13(7-11)32-18(22,23)24)2-3-15-26-27-16(30-15)10-4-12(5-10)31-17(19,20)21/h10-13H,1-8H2,(H,25,28)/t10-,11-,12+,13+. The lowest BCUT2D eigenvalue weighted by Crippen LogP contribution is -2.42. The Morgan fingerprint density at radius 2 is 1.59 bits per heavy atom. The fourth-order valence-corrected chi connectivity index (χ4v) is 3.27. The topological polar surface area (TPSA) is 95.7 Å². The van der Waals surface area contributed by atoms with E-state index in [0.717, 1.165) is 0 Å². The number of hydrogen-bond acceptors (Lipinski definition) is 7. The van der Waals surface area contributed by atoms with Crippen LogP contribution in [0.3, 0.4) is 0 Å². The van der Waals surface area contributed by atoms with E-state index < -0.39 is 36.9 Å². The molecule has 0 atom stereocenters. The monoisotopic (exact) mass is 473 g/mol. The van der Waals surface area contributed by atoms with Crippen LogP contribution in [-0.4, -0.2) is 53.7 Å². The summed E-state index contributed by atoms with van der Waals surface area (Å²) in [7, 11) is 0. The first kappa shape index (κ1) is 24.5. The number of nitrogens with one attached hydrogen (secondary N) is 1. The Hall–Kier alpha value is -2.19. The van der Waals surface area contributed by atoms with Gasteiger partial charge in [0.25, 0.3) is 0 Å². The molecule has 0 bridgehead atoms. The Balaban J connectivity index is 1.28. The summed E-state index contributed by atoms with van der Waals surface area (Å²) >= 11 is 0. The van der Waals surface area contributed by atoms with Crippen molar-refractivity contribution in [1.29, 1.82) is 0 Å². The van der Waals surface area contributed by atoms with Crippen LogP contribution in [0, 0.1) is 0 Å². The Kier molecular flexibility index (Phi) is 7.45. The fraction of sp³-hybridized carbons (Fsp3) is 0.722. The molecule has 0 unspecified atom stereocenters. The zero-order valence-corrected chi connectivity index (χ0v) is 16.7. The van der Waals surface area contributed by atoms with Crippen molar-refractivity contribution < 1.29 is 49.8 Å². The van der Waals surface area contributed by atoms with Crippen molar-refractivity contribution in [2.24, 2.45) is 0 Å². The minimum absolute atomic E-state index is 0.0529. The van der Waals surface area contributed by atoms with Crippen molar-refractivity contribution in [2.45, 2.75) is 75.5 Å². The highest BCUT2D eigenvalue weighted by atomic mass is 19.4. The van der Waals surface area contributed by atoms with E-state index in [1.807, 2.05) is 0 Å². The lowest BCUT2D eigenvalue weighted by atomic mass is 9.82. The molecule has 0 aromatic carbocycles. The van der Waals surface area contributed by atoms with E-state index in [9.17, 15) is 31.1 Å². The van der Waals surface area contributed by atoms with E-state index in [1.165, 1.54) is 0 Å². The number of allylic oxidation sites excluding steroid dienone is 1. The van der Waals surface area contributed by atoms with Crippen LogP contribution < -0.4 is 5.32 Å². The second-order valence-electron chi connectivity index (χ2n) is 7.63. The van der Waals surface area contributed by atoms with E-state index in [1.54, 1.807) is 0 Å². The summed E-state index contributed by atoms with van der Waals surface area (Å²) in [5, 5.41) is 10.2. The molecule has 180 valence electrons. The first-order chi connectivity index (χ1) is 14.9. The number of rotatable bonds is 10. The first-order valence-electron chi connectivity index (χ1n) is 9.77. The molecule has 14 heteroatoms. The average molecular weight is 473 g/mol. The Bertz CT molecular complexity index is 800. The van der Waals surface area contributed by atoms with Crippen LogP contribution in [-0.2, 0) is 25.4 Å². The molecule has 1 heterocycles. The molecule has 1 amide bonds. The molecule has 1 N–H and O–H groups in total. The van der Waals surface area contributed by atoms with Gasteiger partial charge in [0.1, 0.15) is 6.61 Å². The molecule has 0 saturated heterocycles. The van der Waals surface area contributed by atoms with Crippen molar-refractivity contribution in [1.82, 2.24) is 15.5 Å². The van der Waals surface area contributed by atoms with Gasteiger partial charge in [-0.3, -0.25) is 14.3 Å². The summed E-state index contributed by atoms with van der Waals surface area (Å²) in [5.74, 6) is -0.321. The third-order valence-corrected chi connectivity index (χ3v) is 4.99. The predicted octanol–water partition coefficient (Wildman–Crippen LogP) is 3.50. The quantitative estimate of drug-likeness (QED) is 0.520. The van der Waals surface area contributed by atoms with Gasteiger partial charge in [-0.05, 0) is 19.3 Å². The minimum Gasteiger partial charge on any atom is -0.425 e. The van der Waals surface area contributed by atoms with Gasteiger partial charge < -0.3 is 14.5 Å². The normalized spacial score (nSPS) is 25.7. The number of alkyl halides is 6. The van der Waals surface area contributed by atoms with E-state index in [-0.39, 0.29) is 62.8 Å². The highest BCUT2D eigenvalue weighted by molar-refractivity contribution is 5.78. The average Bonchev–Trinajstić information content (AvgIpc) is 3.04. The molecular weight excluding hydrogens is 452 g/mol. The number of ether oxygens (including phenoxy) is 3. The summed E-state index contributed by atoms with van der Waals surface area (Å²) < 4.78 is 91.0. The molecular formula is C18H21F6N3O5. The molecule has 1 aromatic rings. The number of halogens is 6.